The number of carbonyl (C=O) groups is 1. The maximum atomic E-state index is 12.6. The number of carbonyl (C=O) groups excluding carboxylic acids is 1. The molecule has 0 N–H and O–H groups in total. The molecule has 32 heavy (non-hydrogen) atoms. The summed E-state index contributed by atoms with van der Waals surface area (Å²) in [7, 11) is 3.28. The van der Waals surface area contributed by atoms with E-state index in [2.05, 4.69) is 18.0 Å². The summed E-state index contributed by atoms with van der Waals surface area (Å²) in [6, 6.07) is 13.2. The van der Waals surface area contributed by atoms with Crippen LogP contribution in [0.5, 0.6) is 5.75 Å². The molecule has 1 heterocycles. The van der Waals surface area contributed by atoms with Gasteiger partial charge in [-0.3, -0.25) is 13.4 Å². The van der Waals surface area contributed by atoms with Gasteiger partial charge in [-0.15, -0.1) is 12.4 Å². The predicted octanol–water partition coefficient (Wildman–Crippen LogP) is 3.78. The molecule has 0 spiro atoms. The average Bonchev–Trinajstić information content (AvgIpc) is 2.95. The Kier molecular flexibility index (Phi) is 8.95. The number of ether oxygens (including phenoxy) is 1. The Morgan fingerprint density at radius 1 is 1.00 bits per heavy atom. The number of rotatable bonds is 10. The van der Waals surface area contributed by atoms with Gasteiger partial charge in [0, 0.05) is 32.6 Å². The molecule has 0 bridgehead atoms. The zero-order valence-corrected chi connectivity index (χ0v) is 20.7. The van der Waals surface area contributed by atoms with Crippen LogP contribution in [0, 0.1) is 0 Å². The number of fused-ring (bicyclic) bond motifs is 1. The third-order valence-corrected chi connectivity index (χ3v) is 7.59. The van der Waals surface area contributed by atoms with Crippen molar-refractivity contribution in [1.29, 1.82) is 0 Å². The predicted molar refractivity (Wildman–Crippen MR) is 132 cm³/mol. The summed E-state index contributed by atoms with van der Waals surface area (Å²) in [5.74, 6) is 0.959. The van der Waals surface area contributed by atoms with Crippen molar-refractivity contribution < 1.29 is 17.9 Å². The highest BCUT2D eigenvalue weighted by Crippen LogP contribution is 2.39. The largest absolute Gasteiger partial charge is 0.496 e. The number of hydrogen-bond donors (Lipinski definition) is 0. The second-order valence-corrected chi connectivity index (χ2v) is 9.88. The summed E-state index contributed by atoms with van der Waals surface area (Å²) >= 11 is 0. The van der Waals surface area contributed by atoms with Crippen LogP contribution in [0.1, 0.15) is 35.2 Å². The minimum atomic E-state index is -3.52. The van der Waals surface area contributed by atoms with Gasteiger partial charge < -0.3 is 9.64 Å². The number of anilines is 2. The van der Waals surface area contributed by atoms with Crippen molar-refractivity contribution in [3.05, 3.63) is 53.6 Å². The molecule has 0 unspecified atom stereocenters. The number of unbranched alkanes of at least 4 members (excludes halogenated alkanes) is 1. The number of halogens is 1. The van der Waals surface area contributed by atoms with Crippen LogP contribution < -0.4 is 13.3 Å². The Hall–Kier alpha value is -2.29. The van der Waals surface area contributed by atoms with Gasteiger partial charge in [-0.2, -0.15) is 8.42 Å². The molecule has 0 aromatic heterocycles. The quantitative estimate of drug-likeness (QED) is 0.381. The fourth-order valence-electron chi connectivity index (χ4n) is 3.79. The monoisotopic (exact) mass is 481 g/mol. The molecule has 0 fully saturated rings. The van der Waals surface area contributed by atoms with Gasteiger partial charge in [0.05, 0.1) is 18.5 Å². The summed E-state index contributed by atoms with van der Waals surface area (Å²) in [5, 5.41) is 0. The van der Waals surface area contributed by atoms with Gasteiger partial charge in [0.2, 0.25) is 0 Å². The number of methoxy groups -OCH3 is 1. The zero-order valence-electron chi connectivity index (χ0n) is 19.1. The van der Waals surface area contributed by atoms with E-state index in [1.165, 1.54) is 28.3 Å². The molecule has 1 aliphatic heterocycles. The number of hydrogen-bond acceptors (Lipinski definition) is 5. The lowest BCUT2D eigenvalue weighted by molar-refractivity contribution is 0.0978. The first-order valence-corrected chi connectivity index (χ1v) is 11.9. The number of benzene rings is 2. The Labute approximate surface area is 197 Å². The number of para-hydroxylation sites is 1. The highest BCUT2D eigenvalue weighted by Gasteiger charge is 2.35. The summed E-state index contributed by atoms with van der Waals surface area (Å²) in [6.45, 7) is 1.84. The van der Waals surface area contributed by atoms with Gasteiger partial charge >= 0.3 is 10.2 Å². The lowest BCUT2D eigenvalue weighted by Gasteiger charge is -2.17. The third kappa shape index (κ3) is 5.54. The van der Waals surface area contributed by atoms with Crippen LogP contribution in [0.25, 0.3) is 0 Å². The van der Waals surface area contributed by atoms with E-state index < -0.39 is 10.2 Å². The van der Waals surface area contributed by atoms with Crippen LogP contribution in [0.2, 0.25) is 0 Å². The van der Waals surface area contributed by atoms with Gasteiger partial charge in [0.15, 0.2) is 5.78 Å². The van der Waals surface area contributed by atoms with Crippen molar-refractivity contribution in [2.45, 2.75) is 25.7 Å². The summed E-state index contributed by atoms with van der Waals surface area (Å²) in [6.07, 6.45) is 3.09. The van der Waals surface area contributed by atoms with Crippen molar-refractivity contribution in [3.8, 4) is 5.75 Å². The second-order valence-electron chi connectivity index (χ2n) is 7.89. The first-order chi connectivity index (χ1) is 14.8. The molecule has 9 heteroatoms. The van der Waals surface area contributed by atoms with E-state index in [4.69, 9.17) is 4.74 Å². The fraction of sp³-hybridized carbons (Fsp3) is 0.435. The molecule has 176 valence electrons. The molecule has 0 saturated heterocycles. The number of nitrogens with zero attached hydrogens (tertiary/aromatic N) is 3. The summed E-state index contributed by atoms with van der Waals surface area (Å²) < 4.78 is 32.3. The highest BCUT2D eigenvalue weighted by atomic mass is 35.5. The maximum absolute atomic E-state index is 12.6. The molecule has 7 nitrogen and oxygen atoms in total. The van der Waals surface area contributed by atoms with Gasteiger partial charge in [0.1, 0.15) is 5.75 Å². The molecule has 3 rings (SSSR count). The zero-order chi connectivity index (χ0) is 22.6. The molecule has 2 aromatic rings. The Bertz CT molecular complexity index is 1050. The van der Waals surface area contributed by atoms with Crippen LogP contribution >= 0.6 is 12.4 Å². The Morgan fingerprint density at radius 3 is 2.41 bits per heavy atom. The van der Waals surface area contributed by atoms with Crippen LogP contribution in [0.3, 0.4) is 0 Å². The first kappa shape index (κ1) is 26.0. The molecule has 0 aliphatic carbocycles. The fourth-order valence-corrected chi connectivity index (χ4v) is 4.96. The minimum absolute atomic E-state index is 0. The molecule has 0 atom stereocenters. The maximum Gasteiger partial charge on any atom is 0.326 e. The van der Waals surface area contributed by atoms with Crippen molar-refractivity contribution in [2.75, 3.05) is 50.0 Å². The molecule has 1 aliphatic rings. The van der Waals surface area contributed by atoms with E-state index >= 15 is 0 Å². The Morgan fingerprint density at radius 2 is 1.69 bits per heavy atom. The van der Waals surface area contributed by atoms with Crippen molar-refractivity contribution >= 4 is 39.8 Å². The topological polar surface area (TPSA) is 70.2 Å². The average molecular weight is 482 g/mol. The number of likely N-dealkylation sites (N-methyl/N-ethyl adjacent to an activating group) is 1. The van der Waals surface area contributed by atoms with Crippen molar-refractivity contribution in [1.82, 2.24) is 4.90 Å². The standard InChI is InChI=1S/C23H31N3O4S.ClH/c1-24(16-14-18-9-5-6-11-23(18)30-4)15-8-7-10-22(27)19-12-13-20-21(17-19)26(3)31(28,29)25(20)2;/h5-6,9,11-13,17H,7-8,10,14-16H2,1-4H3;1H. The van der Waals surface area contributed by atoms with E-state index in [1.54, 1.807) is 25.3 Å². The van der Waals surface area contributed by atoms with Crippen molar-refractivity contribution in [2.24, 2.45) is 0 Å². The van der Waals surface area contributed by atoms with E-state index in [0.29, 0.717) is 23.4 Å². The smallest absolute Gasteiger partial charge is 0.326 e. The Balaban J connectivity index is 0.00000363. The number of Topliss-reactive ketones (excluding diaryl/α,β-unsaturated/α-hetero) is 1. The summed E-state index contributed by atoms with van der Waals surface area (Å²) in [5.41, 5.74) is 2.89. The van der Waals surface area contributed by atoms with Crippen LogP contribution in [-0.2, 0) is 16.6 Å². The second kappa shape index (κ2) is 11.0. The van der Waals surface area contributed by atoms with Crippen LogP contribution in [0.15, 0.2) is 42.5 Å². The lowest BCUT2D eigenvalue weighted by Crippen LogP contribution is -2.32. The molecule has 0 saturated carbocycles. The molecular weight excluding hydrogens is 450 g/mol. The van der Waals surface area contributed by atoms with Crippen LogP contribution in [-0.4, -0.2) is 60.4 Å². The molecular formula is C23H32ClN3O4S. The van der Waals surface area contributed by atoms with Crippen LogP contribution in [0.4, 0.5) is 11.4 Å². The van der Waals surface area contributed by atoms with Gasteiger partial charge in [-0.05, 0) is 62.7 Å². The highest BCUT2D eigenvalue weighted by molar-refractivity contribution is 7.94. The SMILES string of the molecule is COc1ccccc1CCN(C)CCCCC(=O)c1ccc2c(c1)N(C)S(=O)(=O)N2C.Cl. The van der Waals surface area contributed by atoms with Gasteiger partial charge in [-0.1, -0.05) is 18.2 Å². The van der Waals surface area contributed by atoms with Crippen molar-refractivity contribution in [3.63, 3.8) is 0 Å². The van der Waals surface area contributed by atoms with E-state index in [9.17, 15) is 13.2 Å². The molecule has 0 radical (unpaired) electrons. The number of ketones is 1. The molecule has 2 aromatic carbocycles. The molecule has 0 amide bonds. The lowest BCUT2D eigenvalue weighted by atomic mass is 10.0. The first-order valence-electron chi connectivity index (χ1n) is 10.5. The van der Waals surface area contributed by atoms with E-state index in [1.807, 2.05) is 18.2 Å². The minimum Gasteiger partial charge on any atom is -0.496 e. The third-order valence-electron chi connectivity index (χ3n) is 5.82. The normalized spacial score (nSPS) is 14.3. The van der Waals surface area contributed by atoms with E-state index in [-0.39, 0.29) is 18.2 Å². The van der Waals surface area contributed by atoms with E-state index in [0.717, 1.165) is 38.1 Å². The van der Waals surface area contributed by atoms with Gasteiger partial charge in [-0.25, -0.2) is 0 Å². The summed E-state index contributed by atoms with van der Waals surface area (Å²) in [4.78, 5) is 14.9. The van der Waals surface area contributed by atoms with Gasteiger partial charge in [0.25, 0.3) is 0 Å².